The summed E-state index contributed by atoms with van der Waals surface area (Å²) < 4.78 is 7.88. The predicted molar refractivity (Wildman–Crippen MR) is 121 cm³/mol. The first-order valence-electron chi connectivity index (χ1n) is 10.4. The molecule has 7 heteroatoms. The summed E-state index contributed by atoms with van der Waals surface area (Å²) in [5.74, 6) is -0.232. The molecule has 0 unspecified atom stereocenters. The minimum Gasteiger partial charge on any atom is -0.489 e. The molecule has 0 aliphatic carbocycles. The average Bonchev–Trinajstić information content (AvgIpc) is 3.20. The van der Waals surface area contributed by atoms with Crippen molar-refractivity contribution in [2.24, 2.45) is 0 Å². The van der Waals surface area contributed by atoms with Crippen LogP contribution in [0.4, 0.5) is 0 Å². The Morgan fingerprint density at radius 3 is 2.75 bits per heavy atom. The van der Waals surface area contributed by atoms with Crippen molar-refractivity contribution in [2.75, 3.05) is 0 Å². The first-order valence-corrected chi connectivity index (χ1v) is 10.4. The van der Waals surface area contributed by atoms with Crippen molar-refractivity contribution in [1.82, 2.24) is 19.7 Å². The van der Waals surface area contributed by atoms with E-state index >= 15 is 0 Å². The molecule has 162 valence electrons. The van der Waals surface area contributed by atoms with E-state index in [9.17, 15) is 4.79 Å². The number of allylic oxidation sites excluding steroid dienone is 2. The number of hydrogen-bond donors (Lipinski definition) is 1. The largest absolute Gasteiger partial charge is 0.489 e. The first-order chi connectivity index (χ1) is 15.6. The third kappa shape index (κ3) is 5.18. The third-order valence-electron chi connectivity index (χ3n) is 5.20. The second-order valence-electron chi connectivity index (χ2n) is 7.48. The molecule has 1 atom stereocenters. The SMILES string of the molecule is CC=C[C@H](CC(=O)O)c1ccc(OCc2ccc3cnn(Cc4ccncn4)c3c2)cc1. The van der Waals surface area contributed by atoms with Crippen molar-refractivity contribution in [3.05, 3.63) is 96.2 Å². The van der Waals surface area contributed by atoms with Gasteiger partial charge in [0.2, 0.25) is 0 Å². The summed E-state index contributed by atoms with van der Waals surface area (Å²) in [5.41, 5.74) is 3.89. The normalized spacial score (nSPS) is 12.3. The lowest BCUT2D eigenvalue weighted by Crippen LogP contribution is -2.04. The van der Waals surface area contributed by atoms with E-state index in [1.165, 1.54) is 6.33 Å². The van der Waals surface area contributed by atoms with E-state index in [4.69, 9.17) is 9.84 Å². The Labute approximate surface area is 186 Å². The van der Waals surface area contributed by atoms with Gasteiger partial charge in [0, 0.05) is 17.5 Å². The molecule has 0 saturated carbocycles. The van der Waals surface area contributed by atoms with Crippen LogP contribution in [-0.2, 0) is 17.9 Å². The first kappa shape index (κ1) is 21.2. The summed E-state index contributed by atoms with van der Waals surface area (Å²) in [4.78, 5) is 19.3. The minimum atomic E-state index is -0.817. The van der Waals surface area contributed by atoms with E-state index in [0.29, 0.717) is 13.2 Å². The fraction of sp³-hybridized carbons (Fsp3) is 0.200. The summed E-state index contributed by atoms with van der Waals surface area (Å²) >= 11 is 0. The number of carboxylic acid groups (broad SMARTS) is 1. The summed E-state index contributed by atoms with van der Waals surface area (Å²) in [6.07, 6.45) is 8.95. The number of aliphatic carboxylic acids is 1. The second-order valence-corrected chi connectivity index (χ2v) is 7.48. The summed E-state index contributed by atoms with van der Waals surface area (Å²) in [6.45, 7) is 2.88. The highest BCUT2D eigenvalue weighted by Crippen LogP contribution is 2.25. The Hall–Kier alpha value is -4.00. The van der Waals surface area contributed by atoms with Crippen molar-refractivity contribution in [2.45, 2.75) is 32.4 Å². The molecule has 2 aromatic heterocycles. The van der Waals surface area contributed by atoms with Crippen molar-refractivity contribution in [3.63, 3.8) is 0 Å². The molecule has 0 aliphatic heterocycles. The number of carboxylic acids is 1. The van der Waals surface area contributed by atoms with Crippen molar-refractivity contribution >= 4 is 16.9 Å². The molecule has 0 spiro atoms. The third-order valence-corrected chi connectivity index (χ3v) is 5.20. The van der Waals surface area contributed by atoms with E-state index in [-0.39, 0.29) is 12.3 Å². The maximum absolute atomic E-state index is 11.1. The molecule has 7 nitrogen and oxygen atoms in total. The van der Waals surface area contributed by atoms with Crippen LogP contribution in [0.2, 0.25) is 0 Å². The molecule has 0 fully saturated rings. The highest BCUT2D eigenvalue weighted by atomic mass is 16.5. The molecule has 0 aliphatic rings. The summed E-state index contributed by atoms with van der Waals surface area (Å²) in [5, 5.41) is 14.7. The van der Waals surface area contributed by atoms with Gasteiger partial charge in [0.15, 0.2) is 0 Å². The van der Waals surface area contributed by atoms with Gasteiger partial charge in [-0.15, -0.1) is 0 Å². The van der Waals surface area contributed by atoms with Gasteiger partial charge >= 0.3 is 5.97 Å². The molecule has 4 rings (SSSR count). The Kier molecular flexibility index (Phi) is 6.55. The van der Waals surface area contributed by atoms with Gasteiger partial charge in [0.25, 0.3) is 0 Å². The standard InChI is InChI=1S/C25H24N4O3/c1-2-3-20(13-25(30)31)19-6-8-23(9-7-19)32-16-18-4-5-21-14-28-29(24(21)12-18)15-22-10-11-26-17-27-22/h2-12,14,17,20H,13,15-16H2,1H3,(H,30,31)/t20-/m1/s1. The topological polar surface area (TPSA) is 90.1 Å². The zero-order chi connectivity index (χ0) is 22.3. The number of fused-ring (bicyclic) bond motifs is 1. The van der Waals surface area contributed by atoms with Gasteiger partial charge < -0.3 is 9.84 Å². The monoisotopic (exact) mass is 428 g/mol. The maximum atomic E-state index is 11.1. The molecule has 0 radical (unpaired) electrons. The lowest BCUT2D eigenvalue weighted by atomic mass is 9.95. The Balaban J connectivity index is 1.44. The van der Waals surface area contributed by atoms with Crippen LogP contribution >= 0.6 is 0 Å². The predicted octanol–water partition coefficient (Wildman–Crippen LogP) is 4.59. The molecule has 4 aromatic rings. The fourth-order valence-corrected chi connectivity index (χ4v) is 3.59. The van der Waals surface area contributed by atoms with Gasteiger partial charge in [0.1, 0.15) is 18.7 Å². The molecule has 0 bridgehead atoms. The van der Waals surface area contributed by atoms with Crippen LogP contribution in [-0.4, -0.2) is 30.8 Å². The zero-order valence-corrected chi connectivity index (χ0v) is 17.8. The van der Waals surface area contributed by atoms with Crippen molar-refractivity contribution in [3.8, 4) is 5.75 Å². The number of carbonyl (C=O) groups is 1. The van der Waals surface area contributed by atoms with Gasteiger partial charge in [0.05, 0.1) is 30.4 Å². The number of hydrogen-bond acceptors (Lipinski definition) is 5. The van der Waals surface area contributed by atoms with Crippen LogP contribution in [0, 0.1) is 0 Å². The van der Waals surface area contributed by atoms with Crippen molar-refractivity contribution in [1.29, 1.82) is 0 Å². The van der Waals surface area contributed by atoms with Crippen LogP contribution in [0.25, 0.3) is 10.9 Å². The molecule has 2 aromatic carbocycles. The Bertz CT molecular complexity index is 1220. The maximum Gasteiger partial charge on any atom is 0.304 e. The van der Waals surface area contributed by atoms with Gasteiger partial charge in [-0.05, 0) is 42.3 Å². The highest BCUT2D eigenvalue weighted by Gasteiger charge is 2.12. The molecule has 1 N–H and O–H groups in total. The van der Waals surface area contributed by atoms with Crippen LogP contribution in [0.1, 0.15) is 36.1 Å². The number of aromatic nitrogens is 4. The Morgan fingerprint density at radius 1 is 1.19 bits per heavy atom. The fourth-order valence-electron chi connectivity index (χ4n) is 3.59. The highest BCUT2D eigenvalue weighted by molar-refractivity contribution is 5.79. The van der Waals surface area contributed by atoms with E-state index in [2.05, 4.69) is 21.1 Å². The van der Waals surface area contributed by atoms with Crippen molar-refractivity contribution < 1.29 is 14.6 Å². The van der Waals surface area contributed by atoms with Gasteiger partial charge in [-0.2, -0.15) is 5.10 Å². The number of ether oxygens (including phenoxy) is 1. The minimum absolute atomic E-state index is 0.0628. The molecule has 0 saturated heterocycles. The van der Waals surface area contributed by atoms with Crippen LogP contribution in [0.5, 0.6) is 5.75 Å². The lowest BCUT2D eigenvalue weighted by molar-refractivity contribution is -0.137. The van der Waals surface area contributed by atoms with E-state index < -0.39 is 5.97 Å². The number of rotatable bonds is 9. The number of benzene rings is 2. The van der Waals surface area contributed by atoms with Crippen LogP contribution < -0.4 is 4.74 Å². The van der Waals surface area contributed by atoms with Gasteiger partial charge in [-0.3, -0.25) is 9.48 Å². The number of nitrogens with zero attached hydrogens (tertiary/aromatic N) is 4. The smallest absolute Gasteiger partial charge is 0.304 e. The van der Waals surface area contributed by atoms with E-state index in [0.717, 1.165) is 33.5 Å². The molecule has 2 heterocycles. The van der Waals surface area contributed by atoms with Crippen LogP contribution in [0.15, 0.2) is 79.4 Å². The zero-order valence-electron chi connectivity index (χ0n) is 17.8. The van der Waals surface area contributed by atoms with Crippen LogP contribution in [0.3, 0.4) is 0 Å². The second kappa shape index (κ2) is 9.87. The molecular weight excluding hydrogens is 404 g/mol. The quantitative estimate of drug-likeness (QED) is 0.392. The lowest BCUT2D eigenvalue weighted by Gasteiger charge is -2.12. The summed E-state index contributed by atoms with van der Waals surface area (Å²) in [6, 6.07) is 15.6. The molecular formula is C25H24N4O3. The van der Waals surface area contributed by atoms with E-state index in [1.807, 2.05) is 72.4 Å². The van der Waals surface area contributed by atoms with E-state index in [1.54, 1.807) is 6.20 Å². The molecule has 0 amide bonds. The van der Waals surface area contributed by atoms with Gasteiger partial charge in [-0.1, -0.05) is 36.4 Å². The Morgan fingerprint density at radius 2 is 2.03 bits per heavy atom. The average molecular weight is 428 g/mol. The summed E-state index contributed by atoms with van der Waals surface area (Å²) in [7, 11) is 0. The van der Waals surface area contributed by atoms with Gasteiger partial charge in [-0.25, -0.2) is 9.97 Å². The molecule has 32 heavy (non-hydrogen) atoms.